The Bertz CT molecular complexity index is 1510. The third-order valence-electron chi connectivity index (χ3n) is 6.75. The van der Waals surface area contributed by atoms with Gasteiger partial charge in [-0.25, -0.2) is 19.6 Å². The van der Waals surface area contributed by atoms with Crippen LogP contribution in [0.2, 0.25) is 0 Å². The van der Waals surface area contributed by atoms with Crippen LogP contribution in [0.1, 0.15) is 64.0 Å². The van der Waals surface area contributed by atoms with Crippen LogP contribution in [0.15, 0.2) is 12.1 Å². The normalized spacial score (nSPS) is 14.3. The Labute approximate surface area is 248 Å². The number of nitriles is 2. The molecule has 14 nitrogen and oxygen atoms in total. The molecule has 2 aliphatic rings. The second kappa shape index (κ2) is 13.6. The first kappa shape index (κ1) is 32.3. The summed E-state index contributed by atoms with van der Waals surface area (Å²) in [5, 5.41) is 36.2. The van der Waals surface area contributed by atoms with Crippen molar-refractivity contribution in [1.82, 2.24) is 9.97 Å². The highest BCUT2D eigenvalue weighted by Gasteiger charge is 2.36. The fourth-order valence-corrected chi connectivity index (χ4v) is 4.35. The number of aryl methyl sites for hydroxylation is 2. The van der Waals surface area contributed by atoms with Gasteiger partial charge in [0.25, 0.3) is 0 Å². The molecular weight excluding hydrogens is 560 g/mol. The first-order valence-electron chi connectivity index (χ1n) is 13.5. The lowest BCUT2D eigenvalue weighted by atomic mass is 9.99. The Hall–Kier alpha value is -5.24. The summed E-state index contributed by atoms with van der Waals surface area (Å²) in [4.78, 5) is 57.5. The molecule has 0 aliphatic carbocycles. The van der Waals surface area contributed by atoms with Crippen molar-refractivity contribution in [3.63, 3.8) is 0 Å². The summed E-state index contributed by atoms with van der Waals surface area (Å²) in [7, 11) is 0. The molecule has 4 rings (SSSR count). The van der Waals surface area contributed by atoms with Gasteiger partial charge in [0.15, 0.2) is 0 Å². The molecule has 0 radical (unpaired) electrons. The predicted octanol–water partition coefficient (Wildman–Crippen LogP) is 2.31. The number of anilines is 2. The molecule has 2 aliphatic heterocycles. The Balaban J connectivity index is 0.000000236. The Morgan fingerprint density at radius 1 is 0.860 bits per heavy atom. The van der Waals surface area contributed by atoms with Crippen molar-refractivity contribution in [1.29, 1.82) is 10.5 Å². The number of rotatable bonds is 8. The van der Waals surface area contributed by atoms with Crippen molar-refractivity contribution in [2.45, 2.75) is 40.7 Å². The molecule has 0 aromatic carbocycles. The van der Waals surface area contributed by atoms with Crippen LogP contribution in [0.3, 0.4) is 0 Å². The monoisotopic (exact) mass is 592 g/mol. The maximum atomic E-state index is 12.0. The van der Waals surface area contributed by atoms with Crippen LogP contribution in [0.25, 0.3) is 0 Å². The van der Waals surface area contributed by atoms with E-state index < -0.39 is 35.7 Å². The highest BCUT2D eigenvalue weighted by molar-refractivity contribution is 5.92. The summed E-state index contributed by atoms with van der Waals surface area (Å²) in [6, 6.07) is 6.90. The number of aliphatic carboxylic acids is 2. The van der Waals surface area contributed by atoms with Gasteiger partial charge >= 0.3 is 23.9 Å². The van der Waals surface area contributed by atoms with Crippen LogP contribution in [0, 0.1) is 48.3 Å². The predicted molar refractivity (Wildman–Crippen MR) is 151 cm³/mol. The second-order valence-corrected chi connectivity index (χ2v) is 10.3. The molecule has 2 saturated heterocycles. The lowest BCUT2D eigenvalue weighted by molar-refractivity contribution is -0.143. The van der Waals surface area contributed by atoms with Gasteiger partial charge in [-0.1, -0.05) is 0 Å². The standard InChI is InChI=1S/C15H17N3O4.C14H15N3O4/c1-8(2)22-15(21)12-4-10(5-16)13(17-9(12)3)18-6-11(7-18)14(19)20;1-3-21-14(20)11-4-9(5-15)12(16-8(11)2)17-6-10(7-17)13(18)19/h4,8,11H,6-7H2,1-3H3,(H,19,20);4,10H,3,6-7H2,1-2H3,(H,18,19). The van der Waals surface area contributed by atoms with Gasteiger partial charge in [-0.05, 0) is 46.8 Å². The zero-order chi connectivity index (χ0) is 32.0. The van der Waals surface area contributed by atoms with Crippen molar-refractivity contribution >= 4 is 35.5 Å². The van der Waals surface area contributed by atoms with E-state index in [9.17, 15) is 29.7 Å². The van der Waals surface area contributed by atoms with Gasteiger partial charge in [-0.2, -0.15) is 10.5 Å². The van der Waals surface area contributed by atoms with E-state index in [2.05, 4.69) is 9.97 Å². The summed E-state index contributed by atoms with van der Waals surface area (Å²) in [5.74, 6) is -2.80. The Morgan fingerprint density at radius 3 is 1.58 bits per heavy atom. The maximum absolute atomic E-state index is 12.0. The van der Waals surface area contributed by atoms with Crippen molar-refractivity contribution in [2.24, 2.45) is 11.8 Å². The number of hydrogen-bond donors (Lipinski definition) is 2. The number of carbonyl (C=O) groups excluding carboxylic acids is 2. The van der Waals surface area contributed by atoms with Crippen molar-refractivity contribution in [2.75, 3.05) is 42.6 Å². The smallest absolute Gasteiger partial charge is 0.340 e. The minimum atomic E-state index is -0.858. The number of carboxylic acid groups (broad SMARTS) is 2. The molecule has 2 aromatic rings. The highest BCUT2D eigenvalue weighted by Crippen LogP contribution is 2.29. The summed E-state index contributed by atoms with van der Waals surface area (Å²) >= 11 is 0. The molecule has 0 amide bonds. The number of nitrogens with zero attached hydrogens (tertiary/aromatic N) is 6. The number of ether oxygens (including phenoxy) is 2. The van der Waals surface area contributed by atoms with Crippen molar-refractivity contribution in [3.05, 3.63) is 45.8 Å². The summed E-state index contributed by atoms with van der Waals surface area (Å²) in [5.41, 5.74) is 1.91. The molecule has 2 N–H and O–H groups in total. The Kier molecular flexibility index (Phi) is 10.2. The number of esters is 2. The molecule has 43 heavy (non-hydrogen) atoms. The summed E-state index contributed by atoms with van der Waals surface area (Å²) < 4.78 is 10.0. The third kappa shape index (κ3) is 7.35. The molecule has 2 aromatic heterocycles. The largest absolute Gasteiger partial charge is 0.481 e. The second-order valence-electron chi connectivity index (χ2n) is 10.3. The average Bonchev–Trinajstić information content (AvgIpc) is 2.86. The fraction of sp³-hybridized carbons (Fsp3) is 0.448. The first-order valence-corrected chi connectivity index (χ1v) is 13.5. The molecule has 4 heterocycles. The van der Waals surface area contributed by atoms with E-state index >= 15 is 0 Å². The SMILES string of the molecule is CCOC(=O)c1cc(C#N)c(N2CC(C(=O)O)C2)nc1C.Cc1nc(N2CC(C(=O)O)C2)c(C#N)cc1C(=O)OC(C)C. The molecule has 0 bridgehead atoms. The lowest BCUT2D eigenvalue weighted by Crippen LogP contribution is -2.51. The topological polar surface area (TPSA) is 207 Å². The fourth-order valence-electron chi connectivity index (χ4n) is 4.35. The number of pyridine rings is 2. The maximum Gasteiger partial charge on any atom is 0.340 e. The van der Waals surface area contributed by atoms with E-state index in [0.717, 1.165) is 0 Å². The molecule has 0 unspecified atom stereocenters. The van der Waals surface area contributed by atoms with Crippen LogP contribution < -0.4 is 9.80 Å². The van der Waals surface area contributed by atoms with Gasteiger partial charge in [0.1, 0.15) is 23.8 Å². The number of carbonyl (C=O) groups is 4. The average molecular weight is 593 g/mol. The summed E-state index contributed by atoms with van der Waals surface area (Å²) in [6.45, 7) is 10.0. The van der Waals surface area contributed by atoms with E-state index in [0.29, 0.717) is 49.2 Å². The molecule has 14 heteroatoms. The molecule has 0 saturated carbocycles. The van der Waals surface area contributed by atoms with Crippen LogP contribution in [0.5, 0.6) is 0 Å². The van der Waals surface area contributed by atoms with Crippen molar-refractivity contribution < 1.29 is 38.9 Å². The number of carboxylic acids is 2. The van der Waals surface area contributed by atoms with Gasteiger partial charge in [0, 0.05) is 26.2 Å². The van der Waals surface area contributed by atoms with Gasteiger partial charge in [0.2, 0.25) is 0 Å². The van der Waals surface area contributed by atoms with E-state index in [-0.39, 0.29) is 35.0 Å². The van der Waals surface area contributed by atoms with Crippen LogP contribution in [0.4, 0.5) is 11.6 Å². The minimum Gasteiger partial charge on any atom is -0.481 e. The Morgan fingerprint density at radius 2 is 1.26 bits per heavy atom. The van der Waals surface area contributed by atoms with Crippen LogP contribution in [-0.4, -0.2) is 82.9 Å². The van der Waals surface area contributed by atoms with E-state index in [4.69, 9.17) is 19.7 Å². The molecule has 0 atom stereocenters. The first-order chi connectivity index (χ1) is 20.3. The zero-order valence-corrected chi connectivity index (χ0v) is 24.4. The van der Waals surface area contributed by atoms with Crippen LogP contribution >= 0.6 is 0 Å². The van der Waals surface area contributed by atoms with Crippen LogP contribution in [-0.2, 0) is 19.1 Å². The van der Waals surface area contributed by atoms with Gasteiger partial charge in [0.05, 0.1) is 58.2 Å². The molecule has 0 spiro atoms. The van der Waals surface area contributed by atoms with E-state index in [1.54, 1.807) is 44.4 Å². The molecule has 226 valence electrons. The number of aromatic nitrogens is 2. The van der Waals surface area contributed by atoms with E-state index in [1.165, 1.54) is 12.1 Å². The number of hydrogen-bond acceptors (Lipinski definition) is 12. The van der Waals surface area contributed by atoms with E-state index in [1.807, 2.05) is 12.1 Å². The van der Waals surface area contributed by atoms with Gasteiger partial charge < -0.3 is 29.5 Å². The molecule has 2 fully saturated rings. The minimum absolute atomic E-state index is 0.241. The van der Waals surface area contributed by atoms with Gasteiger partial charge in [-0.15, -0.1) is 0 Å². The zero-order valence-electron chi connectivity index (χ0n) is 24.4. The lowest BCUT2D eigenvalue weighted by Gasteiger charge is -2.38. The highest BCUT2D eigenvalue weighted by atomic mass is 16.5. The third-order valence-corrected chi connectivity index (χ3v) is 6.75. The summed E-state index contributed by atoms with van der Waals surface area (Å²) in [6.07, 6.45) is -0.260. The quantitative estimate of drug-likeness (QED) is 0.422. The molecular formula is C29H32N6O8. The van der Waals surface area contributed by atoms with Crippen molar-refractivity contribution in [3.8, 4) is 12.1 Å². The van der Waals surface area contributed by atoms with Gasteiger partial charge in [-0.3, -0.25) is 9.59 Å².